The van der Waals surface area contributed by atoms with Crippen molar-refractivity contribution in [1.29, 1.82) is 0 Å². The number of nitrogens with zero attached hydrogens (tertiary/aromatic N) is 1. The van der Waals surface area contributed by atoms with Crippen molar-refractivity contribution in [2.45, 2.75) is 30.3 Å². The van der Waals surface area contributed by atoms with Gasteiger partial charge in [0, 0.05) is 17.0 Å². The molecule has 5 rings (SSSR count). The van der Waals surface area contributed by atoms with Gasteiger partial charge in [0.25, 0.3) is 0 Å². The minimum atomic E-state index is -5.70. The molecule has 0 saturated carbocycles. The molecule has 0 aliphatic carbocycles. The van der Waals surface area contributed by atoms with E-state index in [0.717, 1.165) is 42.6 Å². The van der Waals surface area contributed by atoms with Crippen molar-refractivity contribution in [3.63, 3.8) is 0 Å². The fourth-order valence-electron chi connectivity index (χ4n) is 4.21. The maximum absolute atomic E-state index is 12.6. The van der Waals surface area contributed by atoms with Crippen molar-refractivity contribution < 1.29 is 25.8 Å². The highest BCUT2D eigenvalue weighted by Crippen LogP contribution is 2.47. The summed E-state index contributed by atoms with van der Waals surface area (Å²) in [4.78, 5) is 2.21. The molecule has 0 atom stereocenters. The minimum absolute atomic E-state index is 0.283. The number of alkyl halides is 3. The monoisotopic (exact) mass is 431 g/mol. The number of rotatable bonds is 3. The Kier molecular flexibility index (Phi) is 4.63. The Balaban J connectivity index is 1.78. The van der Waals surface area contributed by atoms with E-state index in [1.807, 2.05) is 24.3 Å². The topological polar surface area (TPSA) is 46.6 Å². The van der Waals surface area contributed by atoms with Crippen molar-refractivity contribution in [3.05, 3.63) is 64.2 Å². The van der Waals surface area contributed by atoms with Crippen molar-refractivity contribution in [3.8, 4) is 5.75 Å². The van der Waals surface area contributed by atoms with E-state index in [9.17, 15) is 21.6 Å². The van der Waals surface area contributed by atoms with Gasteiger partial charge in [-0.05, 0) is 66.9 Å². The molecule has 0 aromatic heterocycles. The van der Waals surface area contributed by atoms with Crippen LogP contribution in [0.5, 0.6) is 5.75 Å². The Hall–Kier alpha value is -1.77. The lowest BCUT2D eigenvalue weighted by atomic mass is 9.68. The summed E-state index contributed by atoms with van der Waals surface area (Å²) in [5.74, 6) is -0.329. The molecule has 2 bridgehead atoms. The van der Waals surface area contributed by atoms with Gasteiger partial charge in [-0.25, -0.2) is 0 Å². The number of hydrogen-bond donors (Lipinski definition) is 0. The second-order valence-corrected chi connectivity index (χ2v) is 9.14. The van der Waals surface area contributed by atoms with E-state index in [-0.39, 0.29) is 11.2 Å². The van der Waals surface area contributed by atoms with Gasteiger partial charge < -0.3 is 4.18 Å². The van der Waals surface area contributed by atoms with Crippen molar-refractivity contribution in [2.24, 2.45) is 0 Å². The first-order valence-electron chi connectivity index (χ1n) is 8.73. The largest absolute Gasteiger partial charge is 0.534 e. The Bertz CT molecular complexity index is 998. The summed E-state index contributed by atoms with van der Waals surface area (Å²) >= 11 is 6.03. The van der Waals surface area contributed by atoms with Gasteiger partial charge in [0.05, 0.1) is 0 Å². The molecule has 1 saturated heterocycles. The van der Waals surface area contributed by atoms with Gasteiger partial charge in [-0.1, -0.05) is 29.8 Å². The highest BCUT2D eigenvalue weighted by Gasteiger charge is 2.49. The van der Waals surface area contributed by atoms with E-state index in [1.54, 1.807) is 6.07 Å². The van der Waals surface area contributed by atoms with Gasteiger partial charge in [-0.3, -0.25) is 4.90 Å². The SMILES string of the molecule is O=S(=O)(Oc1ccc2c(c1)CN1CCC2(c2ccc(Cl)cc2)CC1)C(F)(F)F. The maximum atomic E-state index is 12.6. The van der Waals surface area contributed by atoms with E-state index < -0.39 is 15.6 Å². The molecule has 0 amide bonds. The summed E-state index contributed by atoms with van der Waals surface area (Å²) in [6.07, 6.45) is 1.73. The van der Waals surface area contributed by atoms with Crippen LogP contribution in [0.15, 0.2) is 42.5 Å². The molecule has 4 nitrogen and oxygen atoms in total. The number of halogens is 4. The van der Waals surface area contributed by atoms with Gasteiger partial charge in [0.1, 0.15) is 5.75 Å². The zero-order chi connectivity index (χ0) is 20.2. The molecule has 28 heavy (non-hydrogen) atoms. The number of hydrogen-bond acceptors (Lipinski definition) is 4. The van der Waals surface area contributed by atoms with E-state index in [4.69, 9.17) is 11.6 Å². The van der Waals surface area contributed by atoms with Crippen molar-refractivity contribution in [1.82, 2.24) is 4.90 Å². The smallest absolute Gasteiger partial charge is 0.376 e. The Morgan fingerprint density at radius 2 is 1.68 bits per heavy atom. The van der Waals surface area contributed by atoms with Crippen molar-refractivity contribution >= 4 is 21.7 Å². The van der Waals surface area contributed by atoms with Gasteiger partial charge in [-0.2, -0.15) is 21.6 Å². The standard InChI is InChI=1S/C19H17ClF3NO3S/c20-15-3-1-14(2-4-15)18-7-9-24(10-8-18)12-13-11-16(5-6-17(13)18)27-28(25,26)19(21,22)23/h1-6,11H,7-10,12H2. The Labute approximate surface area is 166 Å². The van der Waals surface area contributed by atoms with Gasteiger partial charge in [0.15, 0.2) is 0 Å². The van der Waals surface area contributed by atoms with Gasteiger partial charge in [-0.15, -0.1) is 0 Å². The molecular formula is C19H17ClF3NO3S. The molecule has 150 valence electrons. The zero-order valence-corrected chi connectivity index (χ0v) is 16.2. The normalized spacial score (nSPS) is 24.5. The van der Waals surface area contributed by atoms with Crippen LogP contribution in [0.1, 0.15) is 29.5 Å². The lowest BCUT2D eigenvalue weighted by Crippen LogP contribution is -2.39. The summed E-state index contributed by atoms with van der Waals surface area (Å²) in [5.41, 5.74) is -2.89. The minimum Gasteiger partial charge on any atom is -0.376 e. The third-order valence-corrected chi connectivity index (χ3v) is 6.81. The van der Waals surface area contributed by atoms with Gasteiger partial charge >= 0.3 is 15.6 Å². The second-order valence-electron chi connectivity index (χ2n) is 7.17. The summed E-state index contributed by atoms with van der Waals surface area (Å²) in [6, 6.07) is 12.0. The van der Waals surface area contributed by atoms with E-state index >= 15 is 0 Å². The highest BCUT2D eigenvalue weighted by atomic mass is 35.5. The van der Waals surface area contributed by atoms with E-state index in [1.165, 1.54) is 12.1 Å². The third-order valence-electron chi connectivity index (χ3n) is 5.58. The summed E-state index contributed by atoms with van der Waals surface area (Å²) in [5, 5.41) is 0.632. The van der Waals surface area contributed by atoms with Crippen LogP contribution in [-0.4, -0.2) is 31.9 Å². The van der Waals surface area contributed by atoms with E-state index in [2.05, 4.69) is 9.08 Å². The molecule has 0 spiro atoms. The molecule has 3 aliphatic rings. The highest BCUT2D eigenvalue weighted by molar-refractivity contribution is 7.88. The molecule has 0 N–H and O–H groups in total. The Morgan fingerprint density at radius 3 is 2.29 bits per heavy atom. The van der Waals surface area contributed by atoms with Crippen LogP contribution >= 0.6 is 11.6 Å². The first kappa shape index (κ1) is 19.5. The second kappa shape index (κ2) is 6.64. The molecule has 1 fully saturated rings. The third kappa shape index (κ3) is 3.27. The lowest BCUT2D eigenvalue weighted by molar-refractivity contribution is -0.0500. The predicted octanol–water partition coefficient (Wildman–Crippen LogP) is 4.46. The fraction of sp³-hybridized carbons (Fsp3) is 0.368. The lowest BCUT2D eigenvalue weighted by Gasteiger charge is -2.39. The molecule has 2 aromatic rings. The van der Waals surface area contributed by atoms with Crippen LogP contribution in [0.25, 0.3) is 0 Å². The molecule has 3 heterocycles. The molecule has 9 heteroatoms. The fourth-order valence-corrected chi connectivity index (χ4v) is 4.79. The average molecular weight is 432 g/mol. The van der Waals surface area contributed by atoms with Crippen LogP contribution in [0, 0.1) is 0 Å². The average Bonchev–Trinajstić information content (AvgIpc) is 2.87. The van der Waals surface area contributed by atoms with Crippen LogP contribution < -0.4 is 4.18 Å². The molecular weight excluding hydrogens is 415 g/mol. The van der Waals surface area contributed by atoms with Crippen LogP contribution in [-0.2, 0) is 22.1 Å². The summed E-state index contributed by atoms with van der Waals surface area (Å²) in [6.45, 7) is 2.22. The summed E-state index contributed by atoms with van der Waals surface area (Å²) < 4.78 is 64.9. The number of piperidine rings is 1. The Morgan fingerprint density at radius 1 is 1.04 bits per heavy atom. The molecule has 3 aliphatic heterocycles. The summed E-state index contributed by atoms with van der Waals surface area (Å²) in [7, 11) is -5.70. The first-order chi connectivity index (χ1) is 13.1. The van der Waals surface area contributed by atoms with Crippen LogP contribution in [0.4, 0.5) is 13.2 Å². The van der Waals surface area contributed by atoms with Crippen LogP contribution in [0.3, 0.4) is 0 Å². The van der Waals surface area contributed by atoms with Crippen molar-refractivity contribution in [2.75, 3.05) is 13.1 Å². The quantitative estimate of drug-likeness (QED) is 0.531. The molecule has 0 radical (unpaired) electrons. The van der Waals surface area contributed by atoms with E-state index in [0.29, 0.717) is 11.6 Å². The zero-order valence-electron chi connectivity index (χ0n) is 14.7. The van der Waals surface area contributed by atoms with Gasteiger partial charge in [0.2, 0.25) is 0 Å². The predicted molar refractivity (Wildman–Crippen MR) is 98.8 cm³/mol. The number of fused-ring (bicyclic) bond motifs is 2. The maximum Gasteiger partial charge on any atom is 0.534 e. The molecule has 2 aromatic carbocycles. The van der Waals surface area contributed by atoms with Crippen LogP contribution in [0.2, 0.25) is 5.02 Å². The molecule has 0 unspecified atom stereocenters. The first-order valence-corrected chi connectivity index (χ1v) is 10.5. The number of benzene rings is 2.